The topological polar surface area (TPSA) is 47.4 Å². The summed E-state index contributed by atoms with van der Waals surface area (Å²) in [4.78, 5) is 20.0. The van der Waals surface area contributed by atoms with Gasteiger partial charge in [-0.05, 0) is 90.8 Å². The first-order valence-electron chi connectivity index (χ1n) is 12.2. The summed E-state index contributed by atoms with van der Waals surface area (Å²) in [5.41, 5.74) is 3.67. The molecule has 33 heavy (non-hydrogen) atoms. The third-order valence-corrected chi connectivity index (χ3v) is 8.12. The highest BCUT2D eigenvalue weighted by Gasteiger charge is 2.28. The quantitative estimate of drug-likeness (QED) is 0.465. The van der Waals surface area contributed by atoms with E-state index in [2.05, 4.69) is 69.4 Å². The summed E-state index contributed by atoms with van der Waals surface area (Å²) in [5.74, 6) is 1.75. The molecule has 5 nitrogen and oxygen atoms in total. The standard InChI is InChI=1S/C27H36BrN3O2/c1-5-18(2)26-29-27(32)25-22(28)7-6-8-24(25)31(26)23-10-9-21(17-19(23)3)20-11-13-30(14-12-20)15-16-33-4/h6-9,17-18,20,23H,5,10-16H2,1-4H3. The summed E-state index contributed by atoms with van der Waals surface area (Å²) in [6.07, 6.45) is 9.15. The fourth-order valence-electron chi connectivity index (χ4n) is 5.28. The van der Waals surface area contributed by atoms with Gasteiger partial charge >= 0.3 is 0 Å². The second-order valence-corrected chi connectivity index (χ2v) is 10.4. The zero-order valence-corrected chi connectivity index (χ0v) is 21.9. The Balaban J connectivity index is 1.64. The van der Waals surface area contributed by atoms with Crippen LogP contribution in [0.2, 0.25) is 0 Å². The lowest BCUT2D eigenvalue weighted by molar-refractivity contribution is 0.126. The van der Waals surface area contributed by atoms with Crippen molar-refractivity contribution >= 4 is 26.8 Å². The summed E-state index contributed by atoms with van der Waals surface area (Å²) in [6, 6.07) is 6.20. The van der Waals surface area contributed by atoms with Gasteiger partial charge in [0.25, 0.3) is 5.56 Å². The normalized spacial score (nSPS) is 21.2. The zero-order valence-electron chi connectivity index (χ0n) is 20.3. The van der Waals surface area contributed by atoms with E-state index in [9.17, 15) is 4.79 Å². The average Bonchev–Trinajstić information content (AvgIpc) is 2.82. The summed E-state index contributed by atoms with van der Waals surface area (Å²) in [6.45, 7) is 10.7. The van der Waals surface area contributed by atoms with Gasteiger partial charge in [0.15, 0.2) is 0 Å². The molecule has 0 radical (unpaired) electrons. The lowest BCUT2D eigenvalue weighted by Gasteiger charge is -2.35. The molecule has 1 aromatic carbocycles. The van der Waals surface area contributed by atoms with Crippen molar-refractivity contribution in [3.05, 3.63) is 62.1 Å². The van der Waals surface area contributed by atoms with Gasteiger partial charge in [-0.2, -0.15) is 4.98 Å². The third-order valence-electron chi connectivity index (χ3n) is 7.46. The van der Waals surface area contributed by atoms with Crippen LogP contribution in [-0.4, -0.2) is 47.8 Å². The van der Waals surface area contributed by atoms with Gasteiger partial charge in [0.1, 0.15) is 5.82 Å². The van der Waals surface area contributed by atoms with Crippen LogP contribution in [0, 0.1) is 5.92 Å². The Morgan fingerprint density at radius 3 is 2.70 bits per heavy atom. The maximum Gasteiger partial charge on any atom is 0.281 e. The Hall–Kier alpha value is -1.76. The number of allylic oxidation sites excluding steroid dienone is 4. The Kier molecular flexibility index (Phi) is 7.87. The fraction of sp³-hybridized carbons (Fsp3) is 0.556. The molecule has 0 amide bonds. The van der Waals surface area contributed by atoms with E-state index in [4.69, 9.17) is 4.74 Å². The number of benzene rings is 1. The Labute approximate surface area is 205 Å². The van der Waals surface area contributed by atoms with Crippen molar-refractivity contribution in [1.29, 1.82) is 0 Å². The Bertz CT molecular complexity index is 1110. The predicted octanol–water partition coefficient (Wildman–Crippen LogP) is 5.85. The minimum Gasteiger partial charge on any atom is -0.383 e. The molecule has 178 valence electrons. The number of hydrogen-bond donors (Lipinski definition) is 0. The highest BCUT2D eigenvalue weighted by Crippen LogP contribution is 2.38. The molecule has 1 fully saturated rings. The van der Waals surface area contributed by atoms with Crippen LogP contribution in [0.25, 0.3) is 10.9 Å². The zero-order chi connectivity index (χ0) is 23.5. The SMILES string of the molecule is CCC(C)c1nc(=O)c2c(Br)cccc2n1C1CC=C(C2CCN(CCOC)CC2)C=C1C. The molecule has 1 saturated heterocycles. The van der Waals surface area contributed by atoms with Crippen molar-refractivity contribution in [2.24, 2.45) is 5.92 Å². The van der Waals surface area contributed by atoms with Crippen LogP contribution in [0.5, 0.6) is 0 Å². The van der Waals surface area contributed by atoms with Gasteiger partial charge in [-0.1, -0.05) is 32.1 Å². The minimum atomic E-state index is -0.141. The van der Waals surface area contributed by atoms with Crippen LogP contribution in [0.15, 0.2) is 50.8 Å². The molecule has 6 heteroatoms. The van der Waals surface area contributed by atoms with Crippen molar-refractivity contribution in [2.75, 3.05) is 33.4 Å². The average molecular weight is 515 g/mol. The number of halogens is 1. The molecular formula is C27H36BrN3O2. The van der Waals surface area contributed by atoms with Gasteiger partial charge in [-0.3, -0.25) is 4.79 Å². The molecule has 2 aliphatic rings. The first-order chi connectivity index (χ1) is 15.9. The molecule has 2 heterocycles. The second-order valence-electron chi connectivity index (χ2n) is 9.54. The van der Waals surface area contributed by atoms with Crippen molar-refractivity contribution < 1.29 is 4.74 Å². The summed E-state index contributed by atoms with van der Waals surface area (Å²) < 4.78 is 8.39. The minimum absolute atomic E-state index is 0.141. The predicted molar refractivity (Wildman–Crippen MR) is 139 cm³/mol. The summed E-state index contributed by atoms with van der Waals surface area (Å²) in [7, 11) is 1.77. The second kappa shape index (κ2) is 10.7. The van der Waals surface area contributed by atoms with Gasteiger partial charge in [0, 0.05) is 24.0 Å². The molecule has 0 bridgehead atoms. The van der Waals surface area contributed by atoms with Gasteiger partial charge in [0.2, 0.25) is 0 Å². The maximum atomic E-state index is 12.9. The van der Waals surface area contributed by atoms with Crippen molar-refractivity contribution in [2.45, 2.75) is 58.4 Å². The van der Waals surface area contributed by atoms with Gasteiger partial charge in [-0.25, -0.2) is 0 Å². The molecule has 2 unspecified atom stereocenters. The number of ether oxygens (including phenoxy) is 1. The maximum absolute atomic E-state index is 12.9. The number of nitrogens with zero attached hydrogens (tertiary/aromatic N) is 3. The number of piperidine rings is 1. The van der Waals surface area contributed by atoms with Crippen molar-refractivity contribution in [3.63, 3.8) is 0 Å². The largest absolute Gasteiger partial charge is 0.383 e. The van der Waals surface area contributed by atoms with E-state index in [1.165, 1.54) is 24.0 Å². The number of methoxy groups -OCH3 is 1. The molecule has 4 rings (SSSR count). The lowest BCUT2D eigenvalue weighted by atomic mass is 9.83. The molecule has 2 aromatic rings. The molecule has 2 atom stereocenters. The van der Waals surface area contributed by atoms with Crippen LogP contribution < -0.4 is 5.56 Å². The van der Waals surface area contributed by atoms with Crippen molar-refractivity contribution in [3.8, 4) is 0 Å². The van der Waals surface area contributed by atoms with Gasteiger partial charge < -0.3 is 14.2 Å². The van der Waals surface area contributed by atoms with Crippen molar-refractivity contribution in [1.82, 2.24) is 14.5 Å². The van der Waals surface area contributed by atoms with Crippen LogP contribution >= 0.6 is 15.9 Å². The van der Waals surface area contributed by atoms with E-state index in [1.807, 2.05) is 12.1 Å². The first-order valence-corrected chi connectivity index (χ1v) is 13.0. The fourth-order valence-corrected chi connectivity index (χ4v) is 5.80. The van der Waals surface area contributed by atoms with Gasteiger partial charge in [0.05, 0.1) is 23.6 Å². The van der Waals surface area contributed by atoms with Gasteiger partial charge in [-0.15, -0.1) is 0 Å². The van der Waals surface area contributed by atoms with Crippen LogP contribution in [0.4, 0.5) is 0 Å². The third kappa shape index (κ3) is 5.03. The Morgan fingerprint density at radius 2 is 2.03 bits per heavy atom. The first kappa shape index (κ1) is 24.4. The summed E-state index contributed by atoms with van der Waals surface area (Å²) in [5, 5.41) is 0.676. The molecule has 1 aliphatic heterocycles. The van der Waals surface area contributed by atoms with E-state index in [-0.39, 0.29) is 17.5 Å². The number of rotatable bonds is 7. The molecular weight excluding hydrogens is 478 g/mol. The van der Waals surface area contributed by atoms with Crippen LogP contribution in [0.1, 0.15) is 64.2 Å². The number of fused-ring (bicyclic) bond motifs is 1. The lowest BCUT2D eigenvalue weighted by Crippen LogP contribution is -2.36. The highest BCUT2D eigenvalue weighted by molar-refractivity contribution is 9.10. The smallest absolute Gasteiger partial charge is 0.281 e. The van der Waals surface area contributed by atoms with Crippen LogP contribution in [-0.2, 0) is 4.74 Å². The molecule has 0 spiro atoms. The molecule has 0 saturated carbocycles. The number of likely N-dealkylation sites (tertiary alicyclic amines) is 1. The summed E-state index contributed by atoms with van der Waals surface area (Å²) >= 11 is 3.59. The van der Waals surface area contributed by atoms with E-state index >= 15 is 0 Å². The monoisotopic (exact) mass is 513 g/mol. The van der Waals surface area contributed by atoms with E-state index in [1.54, 1.807) is 7.11 Å². The molecule has 0 N–H and O–H groups in total. The molecule has 1 aliphatic carbocycles. The Morgan fingerprint density at radius 1 is 1.27 bits per heavy atom. The number of aromatic nitrogens is 2. The van der Waals surface area contributed by atoms with E-state index in [0.717, 1.165) is 54.9 Å². The van der Waals surface area contributed by atoms with E-state index < -0.39 is 0 Å². The van der Waals surface area contributed by atoms with Crippen LogP contribution in [0.3, 0.4) is 0 Å². The number of hydrogen-bond acceptors (Lipinski definition) is 4. The molecule has 1 aromatic heterocycles. The van der Waals surface area contributed by atoms with E-state index in [0.29, 0.717) is 11.3 Å². The highest BCUT2D eigenvalue weighted by atomic mass is 79.9.